The van der Waals surface area contributed by atoms with E-state index < -0.39 is 5.91 Å². The topological polar surface area (TPSA) is 66.0 Å². The standard InChI is InChI=1S/C21H15FN2O2/c1-14-3-2-4-18(11-14)24-21(25)16(13-23)12-19-9-10-20(26-19)15-5-7-17(22)8-6-15/h2-12H,1H3,(H,24,25)/b16-12+. The highest BCUT2D eigenvalue weighted by molar-refractivity contribution is 6.09. The number of halogens is 1. The zero-order valence-electron chi connectivity index (χ0n) is 14.0. The maximum Gasteiger partial charge on any atom is 0.266 e. The number of carbonyl (C=O) groups is 1. The van der Waals surface area contributed by atoms with Crippen LogP contribution in [0.4, 0.5) is 10.1 Å². The second-order valence-electron chi connectivity index (χ2n) is 5.70. The highest BCUT2D eigenvalue weighted by Gasteiger charge is 2.11. The first-order valence-corrected chi connectivity index (χ1v) is 7.91. The summed E-state index contributed by atoms with van der Waals surface area (Å²) in [5, 5.41) is 12.0. The first kappa shape index (κ1) is 17.2. The van der Waals surface area contributed by atoms with Gasteiger partial charge in [0.1, 0.15) is 29.0 Å². The van der Waals surface area contributed by atoms with Crippen molar-refractivity contribution in [3.63, 3.8) is 0 Å². The molecule has 1 amide bonds. The third-order valence-corrected chi connectivity index (χ3v) is 3.68. The first-order chi connectivity index (χ1) is 12.5. The van der Waals surface area contributed by atoms with Crippen LogP contribution in [0.2, 0.25) is 0 Å². The Morgan fingerprint density at radius 3 is 2.62 bits per heavy atom. The summed E-state index contributed by atoms with van der Waals surface area (Å²) in [6.07, 6.45) is 1.37. The van der Waals surface area contributed by atoms with Crippen LogP contribution in [0.25, 0.3) is 17.4 Å². The second-order valence-corrected chi connectivity index (χ2v) is 5.70. The number of hydrogen-bond acceptors (Lipinski definition) is 3. The number of anilines is 1. The van der Waals surface area contributed by atoms with Gasteiger partial charge in [-0.25, -0.2) is 4.39 Å². The number of furan rings is 1. The monoisotopic (exact) mass is 346 g/mol. The number of carbonyl (C=O) groups excluding carboxylic acids is 1. The van der Waals surface area contributed by atoms with E-state index in [1.807, 2.05) is 31.2 Å². The van der Waals surface area contributed by atoms with Crippen molar-refractivity contribution in [3.8, 4) is 17.4 Å². The Morgan fingerprint density at radius 1 is 1.15 bits per heavy atom. The average Bonchev–Trinajstić information content (AvgIpc) is 3.09. The minimum absolute atomic E-state index is 0.0773. The summed E-state index contributed by atoms with van der Waals surface area (Å²) in [6, 6.07) is 18.4. The molecular formula is C21H15FN2O2. The number of benzene rings is 2. The van der Waals surface area contributed by atoms with Crippen LogP contribution in [-0.4, -0.2) is 5.91 Å². The number of nitrogens with one attached hydrogen (secondary N) is 1. The van der Waals surface area contributed by atoms with Crippen LogP contribution in [-0.2, 0) is 4.79 Å². The van der Waals surface area contributed by atoms with Gasteiger partial charge in [-0.05, 0) is 61.0 Å². The predicted octanol–water partition coefficient (Wildman–Crippen LogP) is 4.94. The van der Waals surface area contributed by atoms with E-state index >= 15 is 0 Å². The van der Waals surface area contributed by atoms with E-state index in [2.05, 4.69) is 5.32 Å². The van der Waals surface area contributed by atoms with E-state index in [-0.39, 0.29) is 11.4 Å². The van der Waals surface area contributed by atoms with Crippen LogP contribution in [0.15, 0.2) is 70.7 Å². The molecule has 0 saturated heterocycles. The molecule has 1 heterocycles. The van der Waals surface area contributed by atoms with Crippen LogP contribution >= 0.6 is 0 Å². The van der Waals surface area contributed by atoms with Gasteiger partial charge < -0.3 is 9.73 Å². The van der Waals surface area contributed by atoms with E-state index in [1.54, 1.807) is 30.3 Å². The van der Waals surface area contributed by atoms with Gasteiger partial charge in [0.05, 0.1) is 0 Å². The molecule has 0 saturated carbocycles. The van der Waals surface area contributed by atoms with Gasteiger partial charge in [-0.3, -0.25) is 4.79 Å². The normalized spacial score (nSPS) is 11.0. The molecule has 3 aromatic rings. The molecule has 0 aliphatic heterocycles. The summed E-state index contributed by atoms with van der Waals surface area (Å²) in [5.41, 5.74) is 2.24. The van der Waals surface area contributed by atoms with E-state index in [4.69, 9.17) is 4.42 Å². The van der Waals surface area contributed by atoms with Gasteiger partial charge in [0.25, 0.3) is 5.91 Å². The Morgan fingerprint density at radius 2 is 1.92 bits per heavy atom. The Bertz CT molecular complexity index is 1010. The Kier molecular flexibility index (Phi) is 4.95. The summed E-state index contributed by atoms with van der Waals surface area (Å²) in [4.78, 5) is 12.3. The van der Waals surface area contributed by atoms with Crippen molar-refractivity contribution in [2.75, 3.05) is 5.32 Å². The van der Waals surface area contributed by atoms with Gasteiger partial charge in [0.2, 0.25) is 0 Å². The van der Waals surface area contributed by atoms with Crippen LogP contribution in [0, 0.1) is 24.1 Å². The largest absolute Gasteiger partial charge is 0.457 e. The van der Waals surface area contributed by atoms with Crippen molar-refractivity contribution < 1.29 is 13.6 Å². The molecule has 0 aliphatic carbocycles. The molecule has 26 heavy (non-hydrogen) atoms. The average molecular weight is 346 g/mol. The number of nitriles is 1. The van der Waals surface area contributed by atoms with Crippen LogP contribution < -0.4 is 5.32 Å². The van der Waals surface area contributed by atoms with Gasteiger partial charge in [-0.2, -0.15) is 5.26 Å². The Labute approximate surface area is 150 Å². The lowest BCUT2D eigenvalue weighted by Crippen LogP contribution is -2.13. The molecule has 0 aliphatic rings. The molecule has 2 aromatic carbocycles. The molecule has 4 nitrogen and oxygen atoms in total. The fourth-order valence-corrected chi connectivity index (χ4v) is 2.41. The van der Waals surface area contributed by atoms with Crippen molar-refractivity contribution in [1.29, 1.82) is 5.26 Å². The van der Waals surface area contributed by atoms with Crippen molar-refractivity contribution in [2.45, 2.75) is 6.92 Å². The van der Waals surface area contributed by atoms with Crippen molar-refractivity contribution in [2.24, 2.45) is 0 Å². The molecule has 5 heteroatoms. The van der Waals surface area contributed by atoms with E-state index in [9.17, 15) is 14.4 Å². The number of aryl methyl sites for hydroxylation is 1. The predicted molar refractivity (Wildman–Crippen MR) is 97.5 cm³/mol. The number of rotatable bonds is 4. The van der Waals surface area contributed by atoms with Gasteiger partial charge in [0.15, 0.2) is 0 Å². The molecule has 0 unspecified atom stereocenters. The molecule has 1 aromatic heterocycles. The van der Waals surface area contributed by atoms with Crippen LogP contribution in [0.1, 0.15) is 11.3 Å². The summed E-state index contributed by atoms with van der Waals surface area (Å²) in [6.45, 7) is 1.91. The van der Waals surface area contributed by atoms with E-state index in [0.717, 1.165) is 5.56 Å². The fraction of sp³-hybridized carbons (Fsp3) is 0.0476. The van der Waals surface area contributed by atoms with Gasteiger partial charge >= 0.3 is 0 Å². The molecule has 0 spiro atoms. The van der Waals surface area contributed by atoms with Crippen molar-refractivity contribution in [1.82, 2.24) is 0 Å². The first-order valence-electron chi connectivity index (χ1n) is 7.91. The summed E-state index contributed by atoms with van der Waals surface area (Å²) < 4.78 is 18.6. The molecule has 1 N–H and O–H groups in total. The van der Waals surface area contributed by atoms with Gasteiger partial charge in [0, 0.05) is 17.3 Å². The van der Waals surface area contributed by atoms with Crippen molar-refractivity contribution in [3.05, 3.63) is 83.4 Å². The third kappa shape index (κ3) is 4.05. The lowest BCUT2D eigenvalue weighted by Gasteiger charge is -2.04. The van der Waals surface area contributed by atoms with Gasteiger partial charge in [-0.15, -0.1) is 0 Å². The summed E-state index contributed by atoms with van der Waals surface area (Å²) >= 11 is 0. The number of nitrogens with zero attached hydrogens (tertiary/aromatic N) is 1. The summed E-state index contributed by atoms with van der Waals surface area (Å²) in [5.74, 6) is 0.0331. The quantitative estimate of drug-likeness (QED) is 0.537. The molecule has 0 radical (unpaired) electrons. The molecule has 0 fully saturated rings. The number of hydrogen-bond donors (Lipinski definition) is 1. The molecule has 0 atom stereocenters. The van der Waals surface area contributed by atoms with Crippen molar-refractivity contribution >= 4 is 17.7 Å². The summed E-state index contributed by atoms with van der Waals surface area (Å²) in [7, 11) is 0. The zero-order valence-corrected chi connectivity index (χ0v) is 14.0. The maximum atomic E-state index is 13.0. The molecule has 0 bridgehead atoms. The van der Waals surface area contributed by atoms with Gasteiger partial charge in [-0.1, -0.05) is 12.1 Å². The molecule has 128 valence electrons. The highest BCUT2D eigenvalue weighted by atomic mass is 19.1. The van der Waals surface area contributed by atoms with E-state index in [0.29, 0.717) is 22.8 Å². The van der Waals surface area contributed by atoms with Crippen LogP contribution in [0.5, 0.6) is 0 Å². The van der Waals surface area contributed by atoms with E-state index in [1.165, 1.54) is 18.2 Å². The van der Waals surface area contributed by atoms with Crippen LogP contribution in [0.3, 0.4) is 0 Å². The lowest BCUT2D eigenvalue weighted by molar-refractivity contribution is -0.112. The minimum atomic E-state index is -0.516. The lowest BCUT2D eigenvalue weighted by atomic mass is 10.2. The molecule has 3 rings (SSSR count). The zero-order chi connectivity index (χ0) is 18.5. The SMILES string of the molecule is Cc1cccc(NC(=O)/C(C#N)=C/c2ccc(-c3ccc(F)cc3)o2)c1. The number of amides is 1. The Balaban J connectivity index is 1.80. The molecular weight excluding hydrogens is 331 g/mol. The minimum Gasteiger partial charge on any atom is -0.457 e. The Hall–Kier alpha value is -3.65. The second kappa shape index (κ2) is 7.49. The third-order valence-electron chi connectivity index (χ3n) is 3.68. The smallest absolute Gasteiger partial charge is 0.266 e. The maximum absolute atomic E-state index is 13.0. The highest BCUT2D eigenvalue weighted by Crippen LogP contribution is 2.24. The fourth-order valence-electron chi connectivity index (χ4n) is 2.41.